The smallest absolute Gasteiger partial charge is 0.389 e. The van der Waals surface area contributed by atoms with Crippen molar-refractivity contribution in [2.45, 2.75) is 24.0 Å². The number of anilines is 2. The predicted octanol–water partition coefficient (Wildman–Crippen LogP) is 5.39. The van der Waals surface area contributed by atoms with E-state index in [0.29, 0.717) is 11.3 Å². The fourth-order valence-corrected chi connectivity index (χ4v) is 7.91. The zero-order chi connectivity index (χ0) is 30.1. The minimum atomic E-state index is -4.86. The van der Waals surface area contributed by atoms with E-state index in [1.165, 1.54) is 28.5 Å². The molecule has 1 amide bonds. The summed E-state index contributed by atoms with van der Waals surface area (Å²) < 4.78 is 61.1. The van der Waals surface area contributed by atoms with E-state index in [0.717, 1.165) is 23.5 Å². The Hall–Kier alpha value is -4.09. The predicted molar refractivity (Wildman–Crippen MR) is 155 cm³/mol. The summed E-state index contributed by atoms with van der Waals surface area (Å²) in [6.45, 7) is 6.36. The number of alkyl halides is 3. The third-order valence-electron chi connectivity index (χ3n) is 7.62. The highest BCUT2D eigenvalue weighted by atomic mass is 32.2. The van der Waals surface area contributed by atoms with Gasteiger partial charge in [0.15, 0.2) is 0 Å². The molecule has 2 aliphatic rings. The van der Waals surface area contributed by atoms with Gasteiger partial charge in [0.2, 0.25) is 5.91 Å². The van der Waals surface area contributed by atoms with Gasteiger partial charge in [-0.3, -0.25) is 9.36 Å². The number of rotatable bonds is 3. The van der Waals surface area contributed by atoms with Crippen LogP contribution in [0.3, 0.4) is 0 Å². The number of nitrogens with zero attached hydrogens (tertiary/aromatic N) is 5. The van der Waals surface area contributed by atoms with Gasteiger partial charge < -0.3 is 15.5 Å². The van der Waals surface area contributed by atoms with Gasteiger partial charge in [-0.25, -0.2) is 9.18 Å². The summed E-state index contributed by atoms with van der Waals surface area (Å²) in [6, 6.07) is 4.84. The van der Waals surface area contributed by atoms with Gasteiger partial charge in [0, 0.05) is 59.2 Å². The van der Waals surface area contributed by atoms with Crippen LogP contribution in [-0.4, -0.2) is 52.3 Å². The first-order chi connectivity index (χ1) is 20.0. The van der Waals surface area contributed by atoms with Crippen LogP contribution >= 0.6 is 23.1 Å². The van der Waals surface area contributed by atoms with Crippen LogP contribution in [0.15, 0.2) is 40.5 Å². The molecule has 6 rings (SSSR count). The summed E-state index contributed by atoms with van der Waals surface area (Å²) in [5.41, 5.74) is 4.35. The van der Waals surface area contributed by atoms with E-state index in [-0.39, 0.29) is 86.0 Å². The minimum absolute atomic E-state index is 0.000547. The number of fused-ring (bicyclic) bond motifs is 1. The van der Waals surface area contributed by atoms with E-state index < -0.39 is 23.2 Å². The molecule has 0 saturated carbocycles. The van der Waals surface area contributed by atoms with E-state index in [9.17, 15) is 32.4 Å². The number of thiophene rings is 1. The SMILES string of the molecule is C=CC(=O)N1CCN(c2nc(=O)n3c4c(c(-c5ccc(F)c6sc(N)c(C#N)c56)c(C(F)(F)F)cc24)SCC3C)CC1. The van der Waals surface area contributed by atoms with Gasteiger partial charge in [-0.15, -0.1) is 23.1 Å². The molecule has 0 aliphatic carbocycles. The number of aromatic nitrogens is 2. The van der Waals surface area contributed by atoms with Crippen LogP contribution in [0.1, 0.15) is 24.1 Å². The van der Waals surface area contributed by atoms with Crippen LogP contribution < -0.4 is 16.3 Å². The highest BCUT2D eigenvalue weighted by Gasteiger charge is 2.40. The van der Waals surface area contributed by atoms with Crippen LogP contribution in [0, 0.1) is 17.1 Å². The number of thioether (sulfide) groups is 1. The lowest BCUT2D eigenvalue weighted by Gasteiger charge is -2.36. The second kappa shape index (κ2) is 10.0. The van der Waals surface area contributed by atoms with Crippen LogP contribution in [0.4, 0.5) is 28.4 Å². The van der Waals surface area contributed by atoms with Crippen LogP contribution in [0.25, 0.3) is 32.1 Å². The van der Waals surface area contributed by atoms with Crippen molar-refractivity contribution in [3.63, 3.8) is 0 Å². The fourth-order valence-electron chi connectivity index (χ4n) is 5.69. The number of nitriles is 1. The molecule has 0 bridgehead atoms. The first-order valence-electron chi connectivity index (χ1n) is 12.9. The summed E-state index contributed by atoms with van der Waals surface area (Å²) in [6.07, 6.45) is -3.66. The lowest BCUT2D eigenvalue weighted by atomic mass is 9.92. The van der Waals surface area contributed by atoms with Gasteiger partial charge in [0.25, 0.3) is 0 Å². The van der Waals surface area contributed by atoms with Crippen molar-refractivity contribution in [2.24, 2.45) is 0 Å². The Bertz CT molecular complexity index is 1920. The molecular weight excluding hydrogens is 592 g/mol. The standard InChI is InChI=1S/C28H22F4N6O2S2/c1-3-19(39)36-6-8-37(9-7-36)26-15-10-17(28(30,31)32)21(24-22(15)38(27(40)35-26)13(2)12-41-24)14-4-5-18(29)23-20(14)16(11-33)25(34)42-23/h3-5,10,13H,1,6-9,12,34H2,2H3. The third kappa shape index (κ3) is 4.21. The molecule has 2 aliphatic heterocycles. The lowest BCUT2D eigenvalue weighted by molar-refractivity contribution is -0.137. The van der Waals surface area contributed by atoms with Gasteiger partial charge >= 0.3 is 11.9 Å². The van der Waals surface area contributed by atoms with E-state index in [1.807, 2.05) is 6.07 Å². The Morgan fingerprint density at radius 1 is 1.26 bits per heavy atom. The van der Waals surface area contributed by atoms with Gasteiger partial charge in [-0.05, 0) is 30.7 Å². The van der Waals surface area contributed by atoms with Crippen molar-refractivity contribution in [2.75, 3.05) is 42.6 Å². The lowest BCUT2D eigenvalue weighted by Crippen LogP contribution is -2.49. The van der Waals surface area contributed by atoms with Gasteiger partial charge in [-0.2, -0.15) is 23.4 Å². The molecule has 4 aromatic rings. The molecule has 2 aromatic heterocycles. The number of benzene rings is 2. The maximum Gasteiger partial charge on any atom is 0.417 e. The summed E-state index contributed by atoms with van der Waals surface area (Å²) in [5.74, 6) is -0.563. The quantitative estimate of drug-likeness (QED) is 0.244. The number of carbonyl (C=O) groups excluding carboxylic acids is 1. The highest BCUT2D eigenvalue weighted by Crippen LogP contribution is 2.52. The molecule has 2 N–H and O–H groups in total. The molecular formula is C28H22F4N6O2S2. The number of nitrogen functional groups attached to an aromatic ring is 1. The summed E-state index contributed by atoms with van der Waals surface area (Å²) >= 11 is 1.97. The first kappa shape index (κ1) is 28.0. The van der Waals surface area contributed by atoms with E-state index in [1.54, 1.807) is 16.7 Å². The molecule has 42 heavy (non-hydrogen) atoms. The van der Waals surface area contributed by atoms with Gasteiger partial charge in [-0.1, -0.05) is 12.6 Å². The van der Waals surface area contributed by atoms with Crippen molar-refractivity contribution in [3.05, 3.63) is 58.3 Å². The molecule has 14 heteroatoms. The summed E-state index contributed by atoms with van der Waals surface area (Å²) in [4.78, 5) is 33.3. The normalized spacial score (nSPS) is 17.1. The van der Waals surface area contributed by atoms with Crippen LogP contribution in [0.2, 0.25) is 0 Å². The van der Waals surface area contributed by atoms with Crippen molar-refractivity contribution in [1.29, 1.82) is 5.26 Å². The average molecular weight is 615 g/mol. The number of amides is 1. The molecule has 1 unspecified atom stereocenters. The monoisotopic (exact) mass is 614 g/mol. The van der Waals surface area contributed by atoms with Crippen molar-refractivity contribution < 1.29 is 22.4 Å². The summed E-state index contributed by atoms with van der Waals surface area (Å²) in [5, 5.41) is 9.96. The molecule has 0 radical (unpaired) electrons. The number of hydrogen-bond donors (Lipinski definition) is 1. The molecule has 1 saturated heterocycles. The molecule has 4 heterocycles. The molecule has 216 valence electrons. The largest absolute Gasteiger partial charge is 0.417 e. The highest BCUT2D eigenvalue weighted by molar-refractivity contribution is 7.99. The Morgan fingerprint density at radius 2 is 1.98 bits per heavy atom. The van der Waals surface area contributed by atoms with E-state index >= 15 is 0 Å². The number of halogens is 4. The average Bonchev–Trinajstić information content (AvgIpc) is 3.31. The van der Waals surface area contributed by atoms with E-state index in [4.69, 9.17) is 5.73 Å². The number of piperazine rings is 1. The molecule has 2 aromatic carbocycles. The Morgan fingerprint density at radius 3 is 2.62 bits per heavy atom. The van der Waals surface area contributed by atoms with Gasteiger partial charge in [0.1, 0.15) is 22.7 Å². The van der Waals surface area contributed by atoms with Gasteiger partial charge in [0.05, 0.1) is 21.3 Å². The topological polar surface area (TPSA) is 108 Å². The van der Waals surface area contributed by atoms with Crippen molar-refractivity contribution in [3.8, 4) is 17.2 Å². The Kier molecular flexibility index (Phi) is 6.69. The first-order valence-corrected chi connectivity index (χ1v) is 14.7. The van der Waals surface area contributed by atoms with Crippen molar-refractivity contribution in [1.82, 2.24) is 14.5 Å². The third-order valence-corrected chi connectivity index (χ3v) is 9.99. The summed E-state index contributed by atoms with van der Waals surface area (Å²) in [7, 11) is 0. The molecule has 0 spiro atoms. The number of nitrogens with two attached hydrogens (primary N) is 1. The van der Waals surface area contributed by atoms with Crippen molar-refractivity contribution >= 4 is 60.8 Å². The maximum absolute atomic E-state index is 14.9. The maximum atomic E-state index is 14.9. The molecule has 8 nitrogen and oxygen atoms in total. The molecule has 1 fully saturated rings. The Labute approximate surface area is 244 Å². The zero-order valence-corrected chi connectivity index (χ0v) is 23.7. The zero-order valence-electron chi connectivity index (χ0n) is 22.1. The molecule has 1 atom stereocenters. The number of hydrogen-bond acceptors (Lipinski definition) is 8. The Balaban J connectivity index is 1.69. The van der Waals surface area contributed by atoms with Crippen LogP contribution in [-0.2, 0) is 11.0 Å². The number of carbonyl (C=O) groups is 1. The second-order valence-electron chi connectivity index (χ2n) is 10.0. The second-order valence-corrected chi connectivity index (χ2v) is 12.1. The van der Waals surface area contributed by atoms with Crippen LogP contribution in [0.5, 0.6) is 0 Å². The fraction of sp³-hybridized carbons (Fsp3) is 0.286. The van der Waals surface area contributed by atoms with E-state index in [2.05, 4.69) is 11.6 Å². The minimum Gasteiger partial charge on any atom is -0.389 e.